The molecule has 1 heterocycles. The number of thiazole rings is 1. The number of urea groups is 1. The Balaban J connectivity index is 1.55. The molecular weight excluding hydrogens is 366 g/mol. The van der Waals surface area contributed by atoms with E-state index in [1.54, 1.807) is 31.5 Å². The van der Waals surface area contributed by atoms with Gasteiger partial charge >= 0.3 is 6.03 Å². The first kappa shape index (κ1) is 18.5. The van der Waals surface area contributed by atoms with Crippen molar-refractivity contribution in [2.24, 2.45) is 0 Å². The zero-order valence-corrected chi connectivity index (χ0v) is 15.7. The molecule has 0 bridgehead atoms. The molecule has 0 aliphatic carbocycles. The lowest BCUT2D eigenvalue weighted by molar-refractivity contribution is 0.251. The minimum atomic E-state index is -0.343. The topological polar surface area (TPSA) is 81.7 Å². The first-order chi connectivity index (χ1) is 13.2. The summed E-state index contributed by atoms with van der Waals surface area (Å²) in [7, 11) is 3.07. The normalized spacial score (nSPS) is 10.1. The summed E-state index contributed by atoms with van der Waals surface area (Å²) in [6.45, 7) is 0.371. The lowest BCUT2D eigenvalue weighted by atomic mass is 10.2. The minimum absolute atomic E-state index is 0.343. The fraction of sp³-hybridized carbons (Fsp3) is 0.158. The molecule has 3 aromatic rings. The highest BCUT2D eigenvalue weighted by Crippen LogP contribution is 2.34. The molecule has 0 saturated carbocycles. The van der Waals surface area contributed by atoms with E-state index in [1.165, 1.54) is 18.4 Å². The molecule has 0 saturated heterocycles. The lowest BCUT2D eigenvalue weighted by Gasteiger charge is -2.14. The van der Waals surface area contributed by atoms with Gasteiger partial charge in [-0.2, -0.15) is 0 Å². The van der Waals surface area contributed by atoms with E-state index in [4.69, 9.17) is 14.2 Å². The molecule has 0 spiro atoms. The van der Waals surface area contributed by atoms with Crippen molar-refractivity contribution in [3.05, 3.63) is 59.6 Å². The number of carbonyl (C=O) groups is 1. The summed E-state index contributed by atoms with van der Waals surface area (Å²) in [5, 5.41) is 8.01. The van der Waals surface area contributed by atoms with Gasteiger partial charge in [0.25, 0.3) is 5.19 Å². The van der Waals surface area contributed by atoms with Crippen molar-refractivity contribution in [1.82, 2.24) is 10.3 Å². The van der Waals surface area contributed by atoms with Crippen LogP contribution in [0.4, 0.5) is 10.5 Å². The summed E-state index contributed by atoms with van der Waals surface area (Å²) in [6.07, 6.45) is 1.69. The molecule has 1 aromatic heterocycles. The average molecular weight is 385 g/mol. The second kappa shape index (κ2) is 8.91. The third-order valence-electron chi connectivity index (χ3n) is 3.64. The second-order valence-corrected chi connectivity index (χ2v) is 6.25. The predicted molar refractivity (Wildman–Crippen MR) is 104 cm³/mol. The molecule has 0 aliphatic heterocycles. The quantitative estimate of drug-likeness (QED) is 0.635. The Morgan fingerprint density at radius 1 is 1.11 bits per heavy atom. The van der Waals surface area contributed by atoms with Gasteiger partial charge < -0.3 is 24.8 Å². The van der Waals surface area contributed by atoms with Gasteiger partial charge in [-0.3, -0.25) is 0 Å². The van der Waals surface area contributed by atoms with Gasteiger partial charge in [0.1, 0.15) is 5.75 Å². The highest BCUT2D eigenvalue weighted by atomic mass is 32.1. The monoisotopic (exact) mass is 385 g/mol. The van der Waals surface area contributed by atoms with Crippen molar-refractivity contribution in [2.45, 2.75) is 6.54 Å². The van der Waals surface area contributed by atoms with Crippen LogP contribution >= 0.6 is 11.3 Å². The number of nitrogens with one attached hydrogen (secondary N) is 2. The number of para-hydroxylation sites is 1. The fourth-order valence-corrected chi connectivity index (χ4v) is 2.88. The SMILES string of the molecule is COc1cccc(NC(=O)NCc2ccc(Oc3nccs3)cc2)c1OC. The Labute approximate surface area is 160 Å². The predicted octanol–water partition coefficient (Wildman–Crippen LogP) is 4.27. The summed E-state index contributed by atoms with van der Waals surface area (Å²) < 4.78 is 16.1. The molecule has 7 nitrogen and oxygen atoms in total. The van der Waals surface area contributed by atoms with Crippen LogP contribution in [0.25, 0.3) is 0 Å². The van der Waals surface area contributed by atoms with Crippen LogP contribution < -0.4 is 24.8 Å². The van der Waals surface area contributed by atoms with Crippen LogP contribution in [-0.4, -0.2) is 25.2 Å². The smallest absolute Gasteiger partial charge is 0.319 e. The van der Waals surface area contributed by atoms with Gasteiger partial charge in [0.2, 0.25) is 0 Å². The Hall–Kier alpha value is -3.26. The number of hydrogen-bond donors (Lipinski definition) is 2. The highest BCUT2D eigenvalue weighted by Gasteiger charge is 2.12. The van der Waals surface area contributed by atoms with Crippen LogP contribution in [0, 0.1) is 0 Å². The molecule has 0 fully saturated rings. The van der Waals surface area contributed by atoms with E-state index in [9.17, 15) is 4.79 Å². The van der Waals surface area contributed by atoms with Gasteiger partial charge in [-0.25, -0.2) is 9.78 Å². The summed E-state index contributed by atoms with van der Waals surface area (Å²) in [5.74, 6) is 1.71. The lowest BCUT2D eigenvalue weighted by Crippen LogP contribution is -2.28. The van der Waals surface area contributed by atoms with Crippen molar-refractivity contribution < 1.29 is 19.0 Å². The maximum Gasteiger partial charge on any atom is 0.319 e. The molecule has 2 N–H and O–H groups in total. The summed E-state index contributed by atoms with van der Waals surface area (Å²) in [4.78, 5) is 16.3. The number of benzene rings is 2. The van der Waals surface area contributed by atoms with Gasteiger partial charge in [0, 0.05) is 18.1 Å². The van der Waals surface area contributed by atoms with E-state index < -0.39 is 0 Å². The van der Waals surface area contributed by atoms with Crippen molar-refractivity contribution in [3.63, 3.8) is 0 Å². The number of nitrogens with zero attached hydrogens (tertiary/aromatic N) is 1. The van der Waals surface area contributed by atoms with Crippen molar-refractivity contribution in [3.8, 4) is 22.4 Å². The number of amides is 2. The third-order valence-corrected chi connectivity index (χ3v) is 4.29. The molecule has 2 aromatic carbocycles. The zero-order valence-electron chi connectivity index (χ0n) is 14.9. The van der Waals surface area contributed by atoms with E-state index in [1.807, 2.05) is 29.6 Å². The number of methoxy groups -OCH3 is 2. The molecule has 27 heavy (non-hydrogen) atoms. The van der Waals surface area contributed by atoms with Crippen molar-refractivity contribution >= 4 is 23.1 Å². The number of hydrogen-bond acceptors (Lipinski definition) is 6. The molecule has 3 rings (SSSR count). The highest BCUT2D eigenvalue weighted by molar-refractivity contribution is 7.11. The van der Waals surface area contributed by atoms with Crippen LogP contribution in [0.2, 0.25) is 0 Å². The second-order valence-electron chi connectivity index (χ2n) is 5.39. The van der Waals surface area contributed by atoms with Gasteiger partial charge in [-0.15, -0.1) is 0 Å². The number of rotatable bonds is 7. The Morgan fingerprint density at radius 3 is 2.59 bits per heavy atom. The number of ether oxygens (including phenoxy) is 3. The van der Waals surface area contributed by atoms with Crippen molar-refractivity contribution in [2.75, 3.05) is 19.5 Å². The molecular formula is C19H19N3O4S. The van der Waals surface area contributed by atoms with Gasteiger partial charge in [-0.1, -0.05) is 29.5 Å². The average Bonchev–Trinajstić information content (AvgIpc) is 3.20. The molecule has 2 amide bonds. The van der Waals surface area contributed by atoms with Crippen LogP contribution in [0.1, 0.15) is 5.56 Å². The molecule has 8 heteroatoms. The van der Waals surface area contributed by atoms with Crippen molar-refractivity contribution in [1.29, 1.82) is 0 Å². The Morgan fingerprint density at radius 2 is 1.93 bits per heavy atom. The Kier molecular flexibility index (Phi) is 6.11. The first-order valence-corrected chi connectivity index (χ1v) is 8.99. The number of aromatic nitrogens is 1. The Bertz CT molecular complexity index is 882. The molecule has 140 valence electrons. The van der Waals surface area contributed by atoms with Crippen LogP contribution in [0.3, 0.4) is 0 Å². The summed E-state index contributed by atoms with van der Waals surface area (Å²) in [6, 6.07) is 12.4. The number of carbonyl (C=O) groups excluding carboxylic acids is 1. The van der Waals surface area contributed by atoms with Gasteiger partial charge in [0.15, 0.2) is 11.5 Å². The minimum Gasteiger partial charge on any atom is -0.493 e. The molecule has 0 radical (unpaired) electrons. The first-order valence-electron chi connectivity index (χ1n) is 8.11. The zero-order chi connectivity index (χ0) is 19.1. The maximum atomic E-state index is 12.2. The van der Waals surface area contributed by atoms with Crippen LogP contribution in [-0.2, 0) is 6.54 Å². The van der Waals surface area contributed by atoms with E-state index in [0.717, 1.165) is 5.56 Å². The molecule has 0 unspecified atom stereocenters. The maximum absolute atomic E-state index is 12.2. The summed E-state index contributed by atoms with van der Waals surface area (Å²) in [5.41, 5.74) is 1.47. The van der Waals surface area contributed by atoms with Gasteiger partial charge in [-0.05, 0) is 29.8 Å². The van der Waals surface area contributed by atoms with E-state index in [0.29, 0.717) is 34.7 Å². The van der Waals surface area contributed by atoms with E-state index in [-0.39, 0.29) is 6.03 Å². The largest absolute Gasteiger partial charge is 0.493 e. The standard InChI is InChI=1S/C19H19N3O4S/c1-24-16-5-3-4-15(17(16)25-2)22-18(23)21-12-13-6-8-14(9-7-13)26-19-20-10-11-27-19/h3-11H,12H2,1-2H3,(H2,21,22,23). The molecule has 0 atom stereocenters. The van der Waals surface area contributed by atoms with Gasteiger partial charge in [0.05, 0.1) is 19.9 Å². The van der Waals surface area contributed by atoms with Crippen LogP contribution in [0.5, 0.6) is 22.4 Å². The third kappa shape index (κ3) is 4.89. The van der Waals surface area contributed by atoms with Crippen LogP contribution in [0.15, 0.2) is 54.0 Å². The number of anilines is 1. The van der Waals surface area contributed by atoms with E-state index >= 15 is 0 Å². The summed E-state index contributed by atoms with van der Waals surface area (Å²) >= 11 is 1.42. The van der Waals surface area contributed by atoms with E-state index in [2.05, 4.69) is 15.6 Å². The fourth-order valence-electron chi connectivity index (χ4n) is 2.37. The molecule has 0 aliphatic rings.